The van der Waals surface area contributed by atoms with E-state index in [0.717, 1.165) is 6.61 Å². The van der Waals surface area contributed by atoms with Gasteiger partial charge in [-0.3, -0.25) is 0 Å². The highest BCUT2D eigenvalue weighted by Gasteiger charge is 2.01. The second kappa shape index (κ2) is 7.77. The molecule has 0 radical (unpaired) electrons. The van der Waals surface area contributed by atoms with Crippen molar-refractivity contribution in [1.82, 2.24) is 0 Å². The summed E-state index contributed by atoms with van der Waals surface area (Å²) in [7, 11) is 1.50. The molecule has 13 heavy (non-hydrogen) atoms. The second-order valence-corrected chi connectivity index (χ2v) is 2.51. The summed E-state index contributed by atoms with van der Waals surface area (Å²) in [5.74, 6) is 0. The van der Waals surface area contributed by atoms with E-state index < -0.39 is 0 Å². The predicted octanol–water partition coefficient (Wildman–Crippen LogP) is 2.36. The zero-order valence-electron chi connectivity index (χ0n) is 8.66. The van der Waals surface area contributed by atoms with Crippen LogP contribution in [0.1, 0.15) is 25.5 Å². The molecule has 0 aliphatic rings. The van der Waals surface area contributed by atoms with Crippen LogP contribution in [0.2, 0.25) is 0 Å². The monoisotopic (exact) mass is 181 g/mol. The summed E-state index contributed by atoms with van der Waals surface area (Å²) in [5, 5.41) is 0. The lowest BCUT2D eigenvalue weighted by molar-refractivity contribution is 0.0764. The summed E-state index contributed by atoms with van der Waals surface area (Å²) in [6.07, 6.45) is 0.223. The van der Waals surface area contributed by atoms with Gasteiger partial charge in [-0.1, -0.05) is 30.3 Å². The Bertz CT molecular complexity index is 199. The second-order valence-electron chi connectivity index (χ2n) is 2.51. The molecule has 0 aliphatic heterocycles. The van der Waals surface area contributed by atoms with E-state index in [1.165, 1.54) is 12.6 Å². The van der Waals surface area contributed by atoms with E-state index in [-0.39, 0.29) is 6.10 Å². The maximum absolute atomic E-state index is 5.43. The molecule has 0 aromatic heterocycles. The number of nitrogens with two attached hydrogens (primary N) is 1. The minimum absolute atomic E-state index is 0.223. The van der Waals surface area contributed by atoms with Crippen molar-refractivity contribution in [3.63, 3.8) is 0 Å². The molecule has 0 bridgehead atoms. The Kier molecular flexibility index (Phi) is 7.26. The Morgan fingerprint density at radius 3 is 2.23 bits per heavy atom. The van der Waals surface area contributed by atoms with Gasteiger partial charge in [-0.25, -0.2) is 0 Å². The minimum atomic E-state index is 0.223. The number of benzene rings is 1. The van der Waals surface area contributed by atoms with Gasteiger partial charge in [-0.15, -0.1) is 0 Å². The van der Waals surface area contributed by atoms with Crippen molar-refractivity contribution < 1.29 is 4.74 Å². The first-order valence-electron chi connectivity index (χ1n) is 4.59. The third kappa shape index (κ3) is 4.65. The van der Waals surface area contributed by atoms with E-state index in [4.69, 9.17) is 4.74 Å². The maximum Gasteiger partial charge on any atom is 0.0796 e. The van der Waals surface area contributed by atoms with Crippen LogP contribution in [-0.4, -0.2) is 13.7 Å². The number of hydrogen-bond donors (Lipinski definition) is 1. The van der Waals surface area contributed by atoms with Gasteiger partial charge in [0, 0.05) is 6.61 Å². The molecule has 0 aliphatic carbocycles. The highest BCUT2D eigenvalue weighted by Crippen LogP contribution is 2.14. The van der Waals surface area contributed by atoms with Gasteiger partial charge in [-0.2, -0.15) is 0 Å². The van der Waals surface area contributed by atoms with Crippen LogP contribution in [0.5, 0.6) is 0 Å². The number of hydrogen-bond acceptors (Lipinski definition) is 2. The zero-order valence-corrected chi connectivity index (χ0v) is 8.66. The molecular formula is C11H19NO. The molecule has 0 saturated heterocycles. The quantitative estimate of drug-likeness (QED) is 0.777. The summed E-state index contributed by atoms with van der Waals surface area (Å²) in [6, 6.07) is 10.2. The van der Waals surface area contributed by atoms with E-state index in [1.807, 2.05) is 25.1 Å². The lowest BCUT2D eigenvalue weighted by Gasteiger charge is -2.10. The summed E-state index contributed by atoms with van der Waals surface area (Å²) >= 11 is 0. The highest BCUT2D eigenvalue weighted by atomic mass is 16.5. The largest absolute Gasteiger partial charge is 0.374 e. The first-order chi connectivity index (χ1) is 6.34. The molecule has 0 heterocycles. The fraction of sp³-hybridized carbons (Fsp3) is 0.455. The lowest BCUT2D eigenvalue weighted by Crippen LogP contribution is -1.98. The highest BCUT2D eigenvalue weighted by molar-refractivity contribution is 5.16. The Hall–Kier alpha value is -0.860. The molecule has 1 aromatic carbocycles. The maximum atomic E-state index is 5.43. The van der Waals surface area contributed by atoms with E-state index in [1.54, 1.807) is 0 Å². The SMILES string of the molecule is CCOC(C)c1ccccc1.CN. The van der Waals surface area contributed by atoms with Crippen LogP contribution in [0.4, 0.5) is 0 Å². The van der Waals surface area contributed by atoms with E-state index >= 15 is 0 Å². The van der Waals surface area contributed by atoms with Crippen molar-refractivity contribution in [3.05, 3.63) is 35.9 Å². The lowest BCUT2D eigenvalue weighted by atomic mass is 10.1. The number of ether oxygens (including phenoxy) is 1. The molecule has 2 nitrogen and oxygen atoms in total. The fourth-order valence-electron chi connectivity index (χ4n) is 1.07. The van der Waals surface area contributed by atoms with Crippen LogP contribution >= 0.6 is 0 Å². The van der Waals surface area contributed by atoms with Crippen molar-refractivity contribution in [2.24, 2.45) is 5.73 Å². The van der Waals surface area contributed by atoms with Crippen molar-refractivity contribution in [1.29, 1.82) is 0 Å². The normalized spacial score (nSPS) is 11.4. The molecule has 2 N–H and O–H groups in total. The number of rotatable bonds is 3. The summed E-state index contributed by atoms with van der Waals surface area (Å²) in [5.41, 5.74) is 5.74. The molecule has 0 fully saturated rings. The Morgan fingerprint density at radius 1 is 1.23 bits per heavy atom. The van der Waals surface area contributed by atoms with Gasteiger partial charge < -0.3 is 10.5 Å². The summed E-state index contributed by atoms with van der Waals surface area (Å²) < 4.78 is 5.43. The van der Waals surface area contributed by atoms with Crippen LogP contribution in [-0.2, 0) is 4.74 Å². The molecule has 1 aromatic rings. The van der Waals surface area contributed by atoms with Gasteiger partial charge in [0.2, 0.25) is 0 Å². The third-order valence-electron chi connectivity index (χ3n) is 1.69. The first kappa shape index (κ1) is 12.1. The first-order valence-corrected chi connectivity index (χ1v) is 4.59. The molecule has 1 unspecified atom stereocenters. The molecule has 2 heteroatoms. The van der Waals surface area contributed by atoms with E-state index in [2.05, 4.69) is 24.8 Å². The van der Waals surface area contributed by atoms with Crippen molar-refractivity contribution >= 4 is 0 Å². The van der Waals surface area contributed by atoms with Gasteiger partial charge in [-0.05, 0) is 26.5 Å². The van der Waals surface area contributed by atoms with E-state index in [9.17, 15) is 0 Å². The molecule has 0 spiro atoms. The van der Waals surface area contributed by atoms with E-state index in [0.29, 0.717) is 0 Å². The zero-order chi connectivity index (χ0) is 10.1. The average molecular weight is 181 g/mol. The van der Waals surface area contributed by atoms with Gasteiger partial charge >= 0.3 is 0 Å². The molecular weight excluding hydrogens is 162 g/mol. The smallest absolute Gasteiger partial charge is 0.0796 e. The van der Waals surface area contributed by atoms with Crippen LogP contribution in [0.15, 0.2) is 30.3 Å². The van der Waals surface area contributed by atoms with Crippen molar-refractivity contribution in [2.45, 2.75) is 20.0 Å². The standard InChI is InChI=1S/C10H14O.CH5N/c1-3-11-9(2)10-7-5-4-6-8-10;1-2/h4-9H,3H2,1-2H3;2H2,1H3. The summed E-state index contributed by atoms with van der Waals surface area (Å²) in [6.45, 7) is 4.86. The molecule has 0 amide bonds. The topological polar surface area (TPSA) is 35.2 Å². The minimum Gasteiger partial charge on any atom is -0.374 e. The van der Waals surface area contributed by atoms with Crippen molar-refractivity contribution in [3.8, 4) is 0 Å². The fourth-order valence-corrected chi connectivity index (χ4v) is 1.07. The van der Waals surface area contributed by atoms with Crippen molar-refractivity contribution in [2.75, 3.05) is 13.7 Å². The Morgan fingerprint density at radius 2 is 1.77 bits per heavy atom. The summed E-state index contributed by atoms with van der Waals surface area (Å²) in [4.78, 5) is 0. The van der Waals surface area contributed by atoms with Gasteiger partial charge in [0.05, 0.1) is 6.10 Å². The Labute approximate surface area is 80.7 Å². The van der Waals surface area contributed by atoms with Crippen LogP contribution in [0.3, 0.4) is 0 Å². The van der Waals surface area contributed by atoms with Gasteiger partial charge in [0.15, 0.2) is 0 Å². The van der Waals surface area contributed by atoms with Gasteiger partial charge in [0.25, 0.3) is 0 Å². The molecule has 0 saturated carbocycles. The van der Waals surface area contributed by atoms with Crippen LogP contribution in [0.25, 0.3) is 0 Å². The molecule has 1 atom stereocenters. The Balaban J connectivity index is 0.000000671. The molecule has 74 valence electrons. The van der Waals surface area contributed by atoms with Crippen LogP contribution < -0.4 is 5.73 Å². The predicted molar refractivity (Wildman–Crippen MR) is 56.6 cm³/mol. The third-order valence-corrected chi connectivity index (χ3v) is 1.69. The molecule has 1 rings (SSSR count). The average Bonchev–Trinajstić information content (AvgIpc) is 2.23. The van der Waals surface area contributed by atoms with Crippen LogP contribution in [0, 0.1) is 0 Å². The van der Waals surface area contributed by atoms with Gasteiger partial charge in [0.1, 0.15) is 0 Å².